The van der Waals surface area contributed by atoms with Gasteiger partial charge in [0.2, 0.25) is 0 Å². The van der Waals surface area contributed by atoms with Gasteiger partial charge in [-0.3, -0.25) is 0 Å². The second-order valence-electron chi connectivity index (χ2n) is 4.60. The van der Waals surface area contributed by atoms with Crippen molar-refractivity contribution < 1.29 is 14.3 Å². The quantitative estimate of drug-likeness (QED) is 0.630. The molecule has 0 aromatic heterocycles. The van der Waals surface area contributed by atoms with Crippen molar-refractivity contribution in [2.45, 2.75) is 13.8 Å². The molecule has 2 aromatic carbocycles. The fraction of sp³-hybridized carbons (Fsp3) is 0.235. The summed E-state index contributed by atoms with van der Waals surface area (Å²) in [5, 5.41) is 3.21. The summed E-state index contributed by atoms with van der Waals surface area (Å²) in [5.41, 5.74) is 8.53. The van der Waals surface area contributed by atoms with Gasteiger partial charge in [0.1, 0.15) is 5.75 Å². The Morgan fingerprint density at radius 3 is 2.41 bits per heavy atom. The molecule has 0 amide bonds. The molecule has 0 spiro atoms. The predicted octanol–water partition coefficient (Wildman–Crippen LogP) is 3.59. The van der Waals surface area contributed by atoms with E-state index in [9.17, 15) is 4.79 Å². The molecule has 0 bridgehead atoms. The zero-order valence-electron chi connectivity index (χ0n) is 12.8. The van der Waals surface area contributed by atoms with E-state index in [0.29, 0.717) is 24.5 Å². The van der Waals surface area contributed by atoms with Crippen LogP contribution in [0.2, 0.25) is 0 Å². The molecule has 2 aromatic rings. The normalized spacial score (nSPS) is 10.1. The number of ether oxygens (including phenoxy) is 2. The largest absolute Gasteiger partial charge is 0.494 e. The van der Waals surface area contributed by atoms with Gasteiger partial charge >= 0.3 is 5.97 Å². The highest BCUT2D eigenvalue weighted by molar-refractivity contribution is 5.92. The monoisotopic (exact) mass is 300 g/mol. The Balaban J connectivity index is 2.11. The summed E-state index contributed by atoms with van der Waals surface area (Å²) >= 11 is 0. The lowest BCUT2D eigenvalue weighted by Crippen LogP contribution is -2.06. The van der Waals surface area contributed by atoms with Crippen molar-refractivity contribution in [1.29, 1.82) is 0 Å². The second kappa shape index (κ2) is 7.36. The van der Waals surface area contributed by atoms with E-state index in [1.165, 1.54) is 0 Å². The van der Waals surface area contributed by atoms with Crippen LogP contribution in [0.5, 0.6) is 5.75 Å². The standard InChI is InChI=1S/C17H20N2O3/c1-3-21-14-8-6-13(7-9-14)19-16-10-5-12(11-15(16)18)17(20)22-4-2/h5-11,19H,3-4,18H2,1-2H3. The Morgan fingerprint density at radius 2 is 1.82 bits per heavy atom. The first kappa shape index (κ1) is 15.7. The van der Waals surface area contributed by atoms with Gasteiger partial charge in [0, 0.05) is 5.69 Å². The lowest BCUT2D eigenvalue weighted by atomic mass is 10.1. The molecule has 0 atom stereocenters. The number of esters is 1. The third-order valence-electron chi connectivity index (χ3n) is 3.01. The van der Waals surface area contributed by atoms with Crippen molar-refractivity contribution in [3.63, 3.8) is 0 Å². The van der Waals surface area contributed by atoms with E-state index < -0.39 is 0 Å². The first-order valence-electron chi connectivity index (χ1n) is 7.20. The maximum absolute atomic E-state index is 11.7. The predicted molar refractivity (Wildman–Crippen MR) is 87.7 cm³/mol. The Bertz CT molecular complexity index is 639. The minimum absolute atomic E-state index is 0.338. The molecule has 3 N–H and O–H groups in total. The van der Waals surface area contributed by atoms with Crippen molar-refractivity contribution in [3.05, 3.63) is 48.0 Å². The molecule has 5 heteroatoms. The zero-order valence-corrected chi connectivity index (χ0v) is 12.8. The Morgan fingerprint density at radius 1 is 1.09 bits per heavy atom. The van der Waals surface area contributed by atoms with Crippen LogP contribution >= 0.6 is 0 Å². The number of nitrogen functional groups attached to an aromatic ring is 1. The summed E-state index contributed by atoms with van der Waals surface area (Å²) < 4.78 is 10.3. The average Bonchev–Trinajstić information content (AvgIpc) is 2.51. The number of nitrogens with one attached hydrogen (secondary N) is 1. The van der Waals surface area contributed by atoms with Crippen molar-refractivity contribution >= 4 is 23.0 Å². The molecule has 0 aliphatic rings. The van der Waals surface area contributed by atoms with E-state index in [2.05, 4.69) is 5.32 Å². The molecule has 2 rings (SSSR count). The molecule has 0 aliphatic carbocycles. The number of anilines is 3. The highest BCUT2D eigenvalue weighted by atomic mass is 16.5. The molecule has 0 unspecified atom stereocenters. The van der Waals surface area contributed by atoms with Crippen LogP contribution in [0.3, 0.4) is 0 Å². The SMILES string of the molecule is CCOC(=O)c1ccc(Nc2ccc(OCC)cc2)c(N)c1. The molecule has 116 valence electrons. The van der Waals surface area contributed by atoms with E-state index >= 15 is 0 Å². The molecule has 0 fully saturated rings. The molecule has 5 nitrogen and oxygen atoms in total. The van der Waals surface area contributed by atoms with Gasteiger partial charge in [0.05, 0.1) is 30.2 Å². The van der Waals surface area contributed by atoms with Crippen LogP contribution in [-0.2, 0) is 4.74 Å². The molecule has 0 saturated carbocycles. The molecule has 0 radical (unpaired) electrons. The molecule has 22 heavy (non-hydrogen) atoms. The van der Waals surface area contributed by atoms with E-state index in [4.69, 9.17) is 15.2 Å². The fourth-order valence-electron chi connectivity index (χ4n) is 1.97. The summed E-state index contributed by atoms with van der Waals surface area (Å²) in [6.07, 6.45) is 0. The Kier molecular flexibility index (Phi) is 5.25. The summed E-state index contributed by atoms with van der Waals surface area (Å²) in [6, 6.07) is 12.6. The van der Waals surface area contributed by atoms with Crippen molar-refractivity contribution in [2.75, 3.05) is 24.3 Å². The van der Waals surface area contributed by atoms with Gasteiger partial charge in [-0.15, -0.1) is 0 Å². The van der Waals surface area contributed by atoms with E-state index in [1.807, 2.05) is 31.2 Å². The lowest BCUT2D eigenvalue weighted by Gasteiger charge is -2.11. The zero-order chi connectivity index (χ0) is 15.9. The van der Waals surface area contributed by atoms with Crippen LogP contribution in [0.25, 0.3) is 0 Å². The van der Waals surface area contributed by atoms with Crippen LogP contribution in [0, 0.1) is 0 Å². The number of carbonyl (C=O) groups is 1. The molecule has 0 saturated heterocycles. The third kappa shape index (κ3) is 3.91. The molecule has 0 heterocycles. The lowest BCUT2D eigenvalue weighted by molar-refractivity contribution is 0.0526. The summed E-state index contributed by atoms with van der Waals surface area (Å²) in [4.78, 5) is 11.7. The highest BCUT2D eigenvalue weighted by Crippen LogP contribution is 2.25. The fourth-order valence-corrected chi connectivity index (χ4v) is 1.97. The van der Waals surface area contributed by atoms with Gasteiger partial charge in [0.15, 0.2) is 0 Å². The summed E-state index contributed by atoms with van der Waals surface area (Å²) in [7, 11) is 0. The number of carbonyl (C=O) groups excluding carboxylic acids is 1. The van der Waals surface area contributed by atoms with Gasteiger partial charge in [-0.05, 0) is 56.3 Å². The van der Waals surface area contributed by atoms with Crippen molar-refractivity contribution in [3.8, 4) is 5.75 Å². The van der Waals surface area contributed by atoms with Crippen LogP contribution < -0.4 is 15.8 Å². The molecule has 0 aliphatic heterocycles. The van der Waals surface area contributed by atoms with Crippen molar-refractivity contribution in [1.82, 2.24) is 0 Å². The molecular weight excluding hydrogens is 280 g/mol. The van der Waals surface area contributed by atoms with Crippen LogP contribution in [0.1, 0.15) is 24.2 Å². The Labute approximate surface area is 130 Å². The third-order valence-corrected chi connectivity index (χ3v) is 3.01. The van der Waals surface area contributed by atoms with Crippen LogP contribution in [0.4, 0.5) is 17.1 Å². The number of nitrogens with two attached hydrogens (primary N) is 1. The van der Waals surface area contributed by atoms with Gasteiger partial charge in [-0.1, -0.05) is 0 Å². The van der Waals surface area contributed by atoms with E-state index in [-0.39, 0.29) is 5.97 Å². The average molecular weight is 300 g/mol. The summed E-state index contributed by atoms with van der Waals surface area (Å²) in [5.74, 6) is 0.445. The second-order valence-corrected chi connectivity index (χ2v) is 4.60. The van der Waals surface area contributed by atoms with Gasteiger partial charge in [-0.25, -0.2) is 4.79 Å². The minimum atomic E-state index is -0.373. The number of rotatable bonds is 6. The first-order valence-corrected chi connectivity index (χ1v) is 7.20. The van der Waals surface area contributed by atoms with E-state index in [0.717, 1.165) is 17.1 Å². The molecular formula is C17H20N2O3. The van der Waals surface area contributed by atoms with Gasteiger partial charge in [0.25, 0.3) is 0 Å². The number of hydrogen-bond donors (Lipinski definition) is 2. The highest BCUT2D eigenvalue weighted by Gasteiger charge is 2.09. The first-order chi connectivity index (χ1) is 10.6. The van der Waals surface area contributed by atoms with Crippen molar-refractivity contribution in [2.24, 2.45) is 0 Å². The van der Waals surface area contributed by atoms with Gasteiger partial charge in [-0.2, -0.15) is 0 Å². The summed E-state index contributed by atoms with van der Waals surface area (Å²) in [6.45, 7) is 4.68. The Hall–Kier alpha value is -2.69. The van der Waals surface area contributed by atoms with Crippen LogP contribution in [-0.4, -0.2) is 19.2 Å². The number of hydrogen-bond acceptors (Lipinski definition) is 5. The topological polar surface area (TPSA) is 73.6 Å². The van der Waals surface area contributed by atoms with Crippen LogP contribution in [0.15, 0.2) is 42.5 Å². The minimum Gasteiger partial charge on any atom is -0.494 e. The van der Waals surface area contributed by atoms with Gasteiger partial charge < -0.3 is 20.5 Å². The smallest absolute Gasteiger partial charge is 0.338 e. The maximum Gasteiger partial charge on any atom is 0.338 e. The number of benzene rings is 2. The van der Waals surface area contributed by atoms with E-state index in [1.54, 1.807) is 25.1 Å². The maximum atomic E-state index is 11.7.